The third-order valence-corrected chi connectivity index (χ3v) is 3.08. The summed E-state index contributed by atoms with van der Waals surface area (Å²) in [5.41, 5.74) is 7.72. The van der Waals surface area contributed by atoms with Crippen LogP contribution in [0, 0.1) is 0 Å². The molecule has 1 aliphatic rings. The number of benzene rings is 1. The maximum Gasteiger partial charge on any atom is 0.408 e. The lowest BCUT2D eigenvalue weighted by Gasteiger charge is -2.20. The van der Waals surface area contributed by atoms with Gasteiger partial charge in [0.15, 0.2) is 5.78 Å². The lowest BCUT2D eigenvalue weighted by atomic mass is 10.1. The van der Waals surface area contributed by atoms with E-state index >= 15 is 0 Å². The number of anilines is 2. The molecule has 0 fully saturated rings. The van der Waals surface area contributed by atoms with Crippen LogP contribution in [0.1, 0.15) is 26.3 Å². The van der Waals surface area contributed by atoms with E-state index in [0.717, 1.165) is 11.3 Å². The number of carbonyl (C=O) groups excluding carboxylic acids is 2. The average Bonchev–Trinajstić information content (AvgIpc) is 2.76. The fourth-order valence-electron chi connectivity index (χ4n) is 2.16. The van der Waals surface area contributed by atoms with Gasteiger partial charge in [0.2, 0.25) is 0 Å². The van der Waals surface area contributed by atoms with E-state index in [1.165, 1.54) is 0 Å². The van der Waals surface area contributed by atoms with Gasteiger partial charge in [-0.05, 0) is 38.5 Å². The fourth-order valence-corrected chi connectivity index (χ4v) is 2.16. The van der Waals surface area contributed by atoms with Crippen LogP contribution in [0.2, 0.25) is 0 Å². The first-order valence-corrected chi connectivity index (χ1v) is 6.89. The van der Waals surface area contributed by atoms with E-state index in [9.17, 15) is 9.59 Å². The molecule has 1 heterocycles. The van der Waals surface area contributed by atoms with Crippen molar-refractivity contribution < 1.29 is 14.3 Å². The van der Waals surface area contributed by atoms with E-state index in [0.29, 0.717) is 12.1 Å². The zero-order chi connectivity index (χ0) is 15.6. The Labute approximate surface area is 124 Å². The summed E-state index contributed by atoms with van der Waals surface area (Å²) in [5, 5.41) is 5.60. The number of nitrogens with one attached hydrogen (secondary N) is 2. The van der Waals surface area contributed by atoms with Crippen molar-refractivity contribution >= 4 is 23.3 Å². The molecule has 1 unspecified atom stereocenters. The summed E-state index contributed by atoms with van der Waals surface area (Å²) in [6, 6.07) is 5.19. The second-order valence-electron chi connectivity index (χ2n) is 6.14. The highest BCUT2D eigenvalue weighted by molar-refractivity contribution is 5.92. The summed E-state index contributed by atoms with van der Waals surface area (Å²) in [7, 11) is 0. The Morgan fingerprint density at radius 2 is 2.14 bits per heavy atom. The molecule has 0 radical (unpaired) electrons. The maximum absolute atomic E-state index is 12.1. The Hall–Kier alpha value is -2.24. The van der Waals surface area contributed by atoms with Crippen molar-refractivity contribution in [2.24, 2.45) is 0 Å². The third kappa shape index (κ3) is 4.11. The summed E-state index contributed by atoms with van der Waals surface area (Å²) in [6.07, 6.45) is 0.0142. The number of rotatable bonds is 3. The average molecular weight is 291 g/mol. The number of Topliss-reactive ketones (excluding diaryl/α,β-unsaturated/α-hetero) is 1. The highest BCUT2D eigenvalue weighted by atomic mass is 16.6. The Morgan fingerprint density at radius 3 is 2.81 bits per heavy atom. The standard InChI is InChI=1S/C15H21N3O3/c1-15(2,3)21-14(20)17-8-13(19)12-6-9-4-5-10(16)7-11(9)18-12/h4-5,7,12,18H,6,8,16H2,1-3H3,(H,17,20). The van der Waals surface area contributed by atoms with Crippen molar-refractivity contribution in [3.05, 3.63) is 23.8 Å². The highest BCUT2D eigenvalue weighted by Crippen LogP contribution is 2.27. The van der Waals surface area contributed by atoms with Crippen molar-refractivity contribution in [2.75, 3.05) is 17.6 Å². The van der Waals surface area contributed by atoms with E-state index in [-0.39, 0.29) is 18.4 Å². The quantitative estimate of drug-likeness (QED) is 0.737. The Bertz CT molecular complexity index is 564. The highest BCUT2D eigenvalue weighted by Gasteiger charge is 2.27. The predicted molar refractivity (Wildman–Crippen MR) is 81.2 cm³/mol. The second-order valence-corrected chi connectivity index (χ2v) is 6.14. The lowest BCUT2D eigenvalue weighted by Crippen LogP contribution is -2.40. The molecule has 0 spiro atoms. The number of nitrogen functional groups attached to an aromatic ring is 1. The summed E-state index contributed by atoms with van der Waals surface area (Å²) in [6.45, 7) is 5.26. The van der Waals surface area contributed by atoms with Crippen LogP contribution in [0.3, 0.4) is 0 Å². The molecule has 2 rings (SSSR count). The summed E-state index contributed by atoms with van der Waals surface area (Å²) in [5.74, 6) is -0.0874. The van der Waals surface area contributed by atoms with Gasteiger partial charge in [0.1, 0.15) is 5.60 Å². The summed E-state index contributed by atoms with van der Waals surface area (Å²) in [4.78, 5) is 23.6. The van der Waals surface area contributed by atoms with Crippen molar-refractivity contribution in [3.63, 3.8) is 0 Å². The summed E-state index contributed by atoms with van der Waals surface area (Å²) < 4.78 is 5.09. The van der Waals surface area contributed by atoms with Gasteiger partial charge < -0.3 is 21.1 Å². The molecule has 1 aliphatic heterocycles. The molecule has 4 N–H and O–H groups in total. The minimum Gasteiger partial charge on any atom is -0.444 e. The Balaban J connectivity index is 1.85. The van der Waals surface area contributed by atoms with Gasteiger partial charge >= 0.3 is 6.09 Å². The predicted octanol–water partition coefficient (Wildman–Crippen LogP) is 1.70. The van der Waals surface area contributed by atoms with Crippen LogP contribution < -0.4 is 16.4 Å². The number of hydrogen-bond acceptors (Lipinski definition) is 5. The fraction of sp³-hybridized carbons (Fsp3) is 0.467. The monoisotopic (exact) mass is 291 g/mol. The van der Waals surface area contributed by atoms with E-state index < -0.39 is 11.7 Å². The van der Waals surface area contributed by atoms with Gasteiger partial charge in [0.25, 0.3) is 0 Å². The Morgan fingerprint density at radius 1 is 1.43 bits per heavy atom. The van der Waals surface area contributed by atoms with Gasteiger partial charge in [0, 0.05) is 17.8 Å². The smallest absolute Gasteiger partial charge is 0.408 e. The molecule has 21 heavy (non-hydrogen) atoms. The number of ketones is 1. The molecule has 6 nitrogen and oxygen atoms in total. The van der Waals surface area contributed by atoms with Gasteiger partial charge in [-0.15, -0.1) is 0 Å². The largest absolute Gasteiger partial charge is 0.444 e. The third-order valence-electron chi connectivity index (χ3n) is 3.08. The summed E-state index contributed by atoms with van der Waals surface area (Å²) >= 11 is 0. The maximum atomic E-state index is 12.1. The molecule has 1 atom stereocenters. The van der Waals surface area contributed by atoms with Crippen LogP contribution in [0.25, 0.3) is 0 Å². The first kappa shape index (κ1) is 15.2. The molecular formula is C15H21N3O3. The number of ether oxygens (including phenoxy) is 1. The molecule has 114 valence electrons. The topological polar surface area (TPSA) is 93.5 Å². The molecular weight excluding hydrogens is 270 g/mol. The van der Waals surface area contributed by atoms with E-state index in [1.807, 2.05) is 18.2 Å². The number of nitrogens with two attached hydrogens (primary N) is 1. The van der Waals surface area contributed by atoms with Crippen molar-refractivity contribution in [3.8, 4) is 0 Å². The number of hydrogen-bond donors (Lipinski definition) is 3. The lowest BCUT2D eigenvalue weighted by molar-refractivity contribution is -0.118. The SMILES string of the molecule is CC(C)(C)OC(=O)NCC(=O)C1Cc2ccc(N)cc2N1. The molecule has 0 bridgehead atoms. The van der Waals surface area contributed by atoms with Gasteiger partial charge in [-0.2, -0.15) is 0 Å². The van der Waals surface area contributed by atoms with Gasteiger partial charge in [0.05, 0.1) is 12.6 Å². The van der Waals surface area contributed by atoms with Crippen LogP contribution in [-0.2, 0) is 16.0 Å². The molecule has 6 heteroatoms. The zero-order valence-electron chi connectivity index (χ0n) is 12.5. The molecule has 0 aromatic heterocycles. The van der Waals surface area contributed by atoms with E-state index in [4.69, 9.17) is 10.5 Å². The molecule has 1 amide bonds. The minimum atomic E-state index is -0.587. The van der Waals surface area contributed by atoms with Crippen LogP contribution >= 0.6 is 0 Å². The van der Waals surface area contributed by atoms with Gasteiger partial charge in [-0.25, -0.2) is 4.79 Å². The molecule has 0 aliphatic carbocycles. The van der Waals surface area contributed by atoms with E-state index in [2.05, 4.69) is 10.6 Å². The minimum absolute atomic E-state index is 0.0595. The number of carbonyl (C=O) groups is 2. The number of amides is 1. The van der Waals surface area contributed by atoms with E-state index in [1.54, 1.807) is 20.8 Å². The van der Waals surface area contributed by atoms with Crippen LogP contribution in [-0.4, -0.2) is 30.1 Å². The molecule has 1 aromatic rings. The number of fused-ring (bicyclic) bond motifs is 1. The molecule has 1 aromatic carbocycles. The van der Waals surface area contributed by atoms with Crippen LogP contribution in [0.5, 0.6) is 0 Å². The van der Waals surface area contributed by atoms with Gasteiger partial charge in [-0.3, -0.25) is 4.79 Å². The first-order chi connectivity index (χ1) is 9.74. The van der Waals surface area contributed by atoms with Crippen LogP contribution in [0.15, 0.2) is 18.2 Å². The zero-order valence-corrected chi connectivity index (χ0v) is 12.5. The first-order valence-electron chi connectivity index (χ1n) is 6.89. The van der Waals surface area contributed by atoms with Crippen molar-refractivity contribution in [1.29, 1.82) is 0 Å². The van der Waals surface area contributed by atoms with Crippen LogP contribution in [0.4, 0.5) is 16.2 Å². The molecule has 0 saturated carbocycles. The second kappa shape index (κ2) is 5.63. The van der Waals surface area contributed by atoms with Gasteiger partial charge in [-0.1, -0.05) is 6.07 Å². The van der Waals surface area contributed by atoms with Crippen molar-refractivity contribution in [2.45, 2.75) is 38.8 Å². The number of alkyl carbamates (subject to hydrolysis) is 1. The Kier molecular flexibility index (Phi) is 4.06. The normalized spacial score (nSPS) is 16.8. The molecule has 0 saturated heterocycles. The van der Waals surface area contributed by atoms with Crippen molar-refractivity contribution in [1.82, 2.24) is 5.32 Å².